The van der Waals surface area contributed by atoms with Crippen LogP contribution in [-0.4, -0.2) is 12.6 Å². The number of hydrogen-bond acceptors (Lipinski definition) is 2. The lowest BCUT2D eigenvalue weighted by Gasteiger charge is -2.56. The van der Waals surface area contributed by atoms with Crippen LogP contribution in [0.2, 0.25) is 0 Å². The Morgan fingerprint density at radius 2 is 1.07 bits per heavy atom. The van der Waals surface area contributed by atoms with Gasteiger partial charge in [-0.1, -0.05) is 90.4 Å². The van der Waals surface area contributed by atoms with E-state index in [2.05, 4.69) is 6.92 Å². The van der Waals surface area contributed by atoms with Crippen LogP contribution in [0.4, 0.5) is 0 Å². The van der Waals surface area contributed by atoms with E-state index in [0.29, 0.717) is 12.0 Å². The lowest BCUT2D eigenvalue weighted by molar-refractivity contribution is -0.152. The van der Waals surface area contributed by atoms with Gasteiger partial charge in [-0.15, -0.1) is 0 Å². The monoisotopic (exact) mass is 418 g/mol. The molecule has 4 aliphatic carbocycles. The summed E-state index contributed by atoms with van der Waals surface area (Å²) in [6, 6.07) is 0. The fourth-order valence-corrected chi connectivity index (χ4v) is 7.35. The van der Waals surface area contributed by atoms with Crippen LogP contribution in [0.15, 0.2) is 0 Å². The minimum Gasteiger partial charge on any atom is -0.466 e. The molecule has 0 amide bonds. The Balaban J connectivity index is 1.10. The maximum atomic E-state index is 12.4. The Kier molecular flexibility index (Phi) is 10.5. The van der Waals surface area contributed by atoms with Gasteiger partial charge in [0.05, 0.1) is 13.0 Å². The molecular weight excluding hydrogens is 368 g/mol. The molecule has 0 aromatic heterocycles. The Labute approximate surface area is 187 Å². The lowest BCUT2D eigenvalue weighted by atomic mass is 9.49. The van der Waals surface area contributed by atoms with Gasteiger partial charge in [0.25, 0.3) is 0 Å². The van der Waals surface area contributed by atoms with Gasteiger partial charge in [0.15, 0.2) is 0 Å². The van der Waals surface area contributed by atoms with Gasteiger partial charge < -0.3 is 4.74 Å². The molecule has 4 bridgehead atoms. The molecule has 2 nitrogen and oxygen atoms in total. The molecule has 0 aromatic rings. The van der Waals surface area contributed by atoms with Crippen molar-refractivity contribution in [1.29, 1.82) is 0 Å². The van der Waals surface area contributed by atoms with Gasteiger partial charge in [-0.05, 0) is 68.1 Å². The zero-order chi connectivity index (χ0) is 21.1. The third-order valence-corrected chi connectivity index (χ3v) is 8.45. The van der Waals surface area contributed by atoms with Gasteiger partial charge in [0, 0.05) is 0 Å². The smallest absolute Gasteiger partial charge is 0.306 e. The second-order valence-electron chi connectivity index (χ2n) is 11.4. The average Bonchev–Trinajstić information content (AvgIpc) is 2.69. The number of carbonyl (C=O) groups excluding carboxylic acids is 1. The predicted octanol–water partition coefficient (Wildman–Crippen LogP) is 8.62. The summed E-state index contributed by atoms with van der Waals surface area (Å²) >= 11 is 0. The first kappa shape index (κ1) is 24.1. The molecule has 0 radical (unpaired) electrons. The fourth-order valence-electron chi connectivity index (χ4n) is 7.35. The van der Waals surface area contributed by atoms with Gasteiger partial charge >= 0.3 is 5.97 Å². The van der Waals surface area contributed by atoms with E-state index in [0.717, 1.165) is 30.6 Å². The van der Waals surface area contributed by atoms with Crippen LogP contribution in [0, 0.1) is 23.2 Å². The zero-order valence-electron chi connectivity index (χ0n) is 20.1. The summed E-state index contributed by atoms with van der Waals surface area (Å²) in [5.41, 5.74) is 0.335. The summed E-state index contributed by atoms with van der Waals surface area (Å²) in [7, 11) is 0. The van der Waals surface area contributed by atoms with E-state index in [1.807, 2.05) is 0 Å². The molecule has 0 aromatic carbocycles. The Morgan fingerprint density at radius 3 is 1.50 bits per heavy atom. The van der Waals surface area contributed by atoms with E-state index >= 15 is 0 Å². The lowest BCUT2D eigenvalue weighted by Crippen LogP contribution is -2.47. The van der Waals surface area contributed by atoms with E-state index in [-0.39, 0.29) is 5.97 Å². The molecule has 30 heavy (non-hydrogen) atoms. The molecule has 0 spiro atoms. The van der Waals surface area contributed by atoms with Crippen LogP contribution in [0.25, 0.3) is 0 Å². The van der Waals surface area contributed by atoms with Crippen molar-refractivity contribution in [3.63, 3.8) is 0 Å². The molecule has 4 saturated carbocycles. The highest BCUT2D eigenvalue weighted by Crippen LogP contribution is 2.61. The number of hydrogen-bond donors (Lipinski definition) is 0. The van der Waals surface area contributed by atoms with Crippen molar-refractivity contribution in [3.8, 4) is 0 Å². The van der Waals surface area contributed by atoms with Crippen LogP contribution in [0.1, 0.15) is 142 Å². The van der Waals surface area contributed by atoms with E-state index in [1.54, 1.807) is 0 Å². The number of esters is 1. The number of carbonyl (C=O) groups is 1. The summed E-state index contributed by atoms with van der Waals surface area (Å²) in [6.45, 7) is 2.94. The minimum atomic E-state index is 0.103. The van der Waals surface area contributed by atoms with E-state index in [4.69, 9.17) is 4.74 Å². The van der Waals surface area contributed by atoms with Gasteiger partial charge in [0.1, 0.15) is 0 Å². The summed E-state index contributed by atoms with van der Waals surface area (Å²) in [6.07, 6.45) is 28.2. The Morgan fingerprint density at radius 1 is 0.667 bits per heavy atom. The topological polar surface area (TPSA) is 26.3 Å². The highest BCUT2D eigenvalue weighted by atomic mass is 16.5. The van der Waals surface area contributed by atoms with Gasteiger partial charge in [-0.25, -0.2) is 0 Å². The molecule has 174 valence electrons. The van der Waals surface area contributed by atoms with Crippen LogP contribution in [0.5, 0.6) is 0 Å². The fraction of sp³-hybridized carbons (Fsp3) is 0.964. The highest BCUT2D eigenvalue weighted by molar-refractivity contribution is 5.70. The first-order valence-electron chi connectivity index (χ1n) is 13.8. The van der Waals surface area contributed by atoms with Crippen molar-refractivity contribution in [2.75, 3.05) is 6.61 Å². The van der Waals surface area contributed by atoms with Crippen LogP contribution >= 0.6 is 0 Å². The van der Waals surface area contributed by atoms with E-state index in [1.165, 1.54) is 122 Å². The molecule has 4 fully saturated rings. The maximum absolute atomic E-state index is 12.4. The summed E-state index contributed by atoms with van der Waals surface area (Å²) in [5.74, 6) is 2.88. The minimum absolute atomic E-state index is 0.103. The number of unbranched alkanes of at least 4 members (excludes halogenated alkanes) is 13. The quantitative estimate of drug-likeness (QED) is 0.174. The summed E-state index contributed by atoms with van der Waals surface area (Å²) < 4.78 is 5.65. The largest absolute Gasteiger partial charge is 0.466 e. The van der Waals surface area contributed by atoms with Crippen LogP contribution in [0.3, 0.4) is 0 Å². The van der Waals surface area contributed by atoms with Crippen LogP contribution in [-0.2, 0) is 9.53 Å². The molecular formula is C28H50O2. The Hall–Kier alpha value is -0.530. The van der Waals surface area contributed by atoms with Gasteiger partial charge in [0.2, 0.25) is 0 Å². The van der Waals surface area contributed by atoms with Gasteiger partial charge in [-0.2, -0.15) is 0 Å². The zero-order valence-corrected chi connectivity index (χ0v) is 20.1. The molecule has 4 rings (SSSR count). The molecule has 0 atom stereocenters. The van der Waals surface area contributed by atoms with E-state index < -0.39 is 0 Å². The second-order valence-corrected chi connectivity index (χ2v) is 11.4. The van der Waals surface area contributed by atoms with Gasteiger partial charge in [-0.3, -0.25) is 4.79 Å². The molecule has 4 aliphatic rings. The standard InChI is InChI=1S/C28H50O2/c1-2-3-4-5-6-7-8-9-10-11-12-13-14-15-16-30-27(29)23-28-20-24-17-25(21-28)19-26(18-24)22-28/h24-26H,2-23H2,1H3. The van der Waals surface area contributed by atoms with E-state index in [9.17, 15) is 4.79 Å². The first-order chi connectivity index (χ1) is 14.7. The molecule has 0 unspecified atom stereocenters. The third kappa shape index (κ3) is 8.19. The van der Waals surface area contributed by atoms with Crippen molar-refractivity contribution >= 4 is 5.97 Å². The van der Waals surface area contributed by atoms with Crippen molar-refractivity contribution in [2.45, 2.75) is 142 Å². The molecule has 0 saturated heterocycles. The average molecular weight is 419 g/mol. The normalized spacial score (nSPS) is 29.4. The number of ether oxygens (including phenoxy) is 1. The number of rotatable bonds is 17. The molecule has 2 heteroatoms. The predicted molar refractivity (Wildman–Crippen MR) is 126 cm³/mol. The third-order valence-electron chi connectivity index (χ3n) is 8.45. The van der Waals surface area contributed by atoms with Crippen molar-refractivity contribution in [3.05, 3.63) is 0 Å². The summed E-state index contributed by atoms with van der Waals surface area (Å²) in [5, 5.41) is 0. The highest BCUT2D eigenvalue weighted by Gasteiger charge is 2.51. The van der Waals surface area contributed by atoms with Crippen molar-refractivity contribution in [1.82, 2.24) is 0 Å². The van der Waals surface area contributed by atoms with Crippen LogP contribution < -0.4 is 0 Å². The summed E-state index contributed by atoms with van der Waals surface area (Å²) in [4.78, 5) is 12.4. The van der Waals surface area contributed by atoms with Crippen molar-refractivity contribution in [2.24, 2.45) is 23.2 Å². The second kappa shape index (κ2) is 13.1. The Bertz CT molecular complexity index is 448. The molecule has 0 heterocycles. The van der Waals surface area contributed by atoms with Crippen molar-refractivity contribution < 1.29 is 9.53 Å². The molecule has 0 aliphatic heterocycles. The molecule has 0 N–H and O–H groups in total. The SMILES string of the molecule is CCCCCCCCCCCCCCCCOC(=O)CC12CC3CC(CC(C3)C1)C2. The first-order valence-corrected chi connectivity index (χ1v) is 13.8. The maximum Gasteiger partial charge on any atom is 0.306 e.